The second-order valence-corrected chi connectivity index (χ2v) is 7.75. The van der Waals surface area contributed by atoms with Gasteiger partial charge < -0.3 is 5.11 Å². The number of hydrogen-bond donors (Lipinski definition) is 2. The van der Waals surface area contributed by atoms with Gasteiger partial charge in [0, 0.05) is 4.88 Å². The molecule has 8 heteroatoms. The van der Waals surface area contributed by atoms with E-state index in [-0.39, 0.29) is 9.77 Å². The lowest BCUT2D eigenvalue weighted by molar-refractivity contribution is 0.0698. The van der Waals surface area contributed by atoms with E-state index in [1.165, 1.54) is 16.7 Å². The lowest BCUT2D eigenvalue weighted by atomic mass is 10.3. The Kier molecular flexibility index (Phi) is 4.28. The molecule has 2 N–H and O–H groups in total. The molecule has 108 valence electrons. The molecular weight excluding hydrogens is 318 g/mol. The average Bonchev–Trinajstić information content (AvgIpc) is 2.96. The summed E-state index contributed by atoms with van der Waals surface area (Å²) in [5.74, 6) is -1.23. The Morgan fingerprint density at radius 1 is 1.40 bits per heavy atom. The highest BCUT2D eigenvalue weighted by Crippen LogP contribution is 2.28. The number of carboxylic acids is 1. The van der Waals surface area contributed by atoms with Gasteiger partial charge in [-0.1, -0.05) is 6.07 Å². The van der Waals surface area contributed by atoms with Gasteiger partial charge in [-0.3, -0.25) is 0 Å². The first kappa shape index (κ1) is 15.2. The Morgan fingerprint density at radius 2 is 2.10 bits per heavy atom. The normalized spacial score (nSPS) is 13.3. The summed E-state index contributed by atoms with van der Waals surface area (Å²) in [6.07, 6.45) is 0. The molecule has 2 aromatic rings. The van der Waals surface area contributed by atoms with Gasteiger partial charge in [-0.05, 0) is 36.2 Å². The van der Waals surface area contributed by atoms with Gasteiger partial charge in [0.1, 0.15) is 9.77 Å². The van der Waals surface area contributed by atoms with Gasteiger partial charge in [-0.15, -0.1) is 22.7 Å². The standard InChI is InChI=1S/C12H13NO4S3/c1-7-6-19-10(12(14)15)11(7)20(16,17)13-8(2)9-4-3-5-18-9/h3-6,8,13H,1-2H3,(H,14,15)/t8-/m0/s1. The summed E-state index contributed by atoms with van der Waals surface area (Å²) >= 11 is 2.36. The van der Waals surface area contributed by atoms with Crippen LogP contribution in [0.4, 0.5) is 0 Å². The molecule has 0 aliphatic heterocycles. The molecule has 0 aliphatic rings. The van der Waals surface area contributed by atoms with E-state index in [0.29, 0.717) is 5.56 Å². The lowest BCUT2D eigenvalue weighted by Gasteiger charge is -2.13. The Balaban J connectivity index is 2.36. The molecule has 0 saturated carbocycles. The molecule has 0 aromatic carbocycles. The summed E-state index contributed by atoms with van der Waals surface area (Å²) in [5, 5.41) is 12.5. The van der Waals surface area contributed by atoms with E-state index in [9.17, 15) is 13.2 Å². The molecule has 2 rings (SSSR count). The summed E-state index contributed by atoms with van der Waals surface area (Å²) in [5.41, 5.74) is 0.443. The van der Waals surface area contributed by atoms with E-state index < -0.39 is 22.0 Å². The zero-order valence-corrected chi connectivity index (χ0v) is 13.2. The molecule has 20 heavy (non-hydrogen) atoms. The molecule has 2 aromatic heterocycles. The van der Waals surface area contributed by atoms with Crippen LogP contribution >= 0.6 is 22.7 Å². The van der Waals surface area contributed by atoms with Crippen LogP contribution in [0.3, 0.4) is 0 Å². The first-order valence-corrected chi connectivity index (χ1v) is 8.94. The molecule has 0 saturated heterocycles. The van der Waals surface area contributed by atoms with Crippen molar-refractivity contribution in [1.82, 2.24) is 4.72 Å². The van der Waals surface area contributed by atoms with Gasteiger partial charge in [0.2, 0.25) is 10.0 Å². The number of carboxylic acid groups (broad SMARTS) is 1. The predicted octanol–water partition coefficient (Wildman–Crippen LogP) is 2.86. The minimum Gasteiger partial charge on any atom is -0.477 e. The number of thiophene rings is 2. The van der Waals surface area contributed by atoms with E-state index in [1.807, 2.05) is 17.5 Å². The highest BCUT2D eigenvalue weighted by molar-refractivity contribution is 7.89. The van der Waals surface area contributed by atoms with Gasteiger partial charge in [-0.2, -0.15) is 0 Å². The summed E-state index contributed by atoms with van der Waals surface area (Å²) in [6.45, 7) is 3.32. The number of hydrogen-bond acceptors (Lipinski definition) is 5. The predicted molar refractivity (Wildman–Crippen MR) is 79.1 cm³/mol. The van der Waals surface area contributed by atoms with Crippen molar-refractivity contribution in [3.63, 3.8) is 0 Å². The van der Waals surface area contributed by atoms with Gasteiger partial charge >= 0.3 is 5.97 Å². The highest BCUT2D eigenvalue weighted by atomic mass is 32.2. The first-order valence-electron chi connectivity index (χ1n) is 5.70. The Labute approximate surface area is 124 Å². The third-order valence-corrected chi connectivity index (χ3v) is 6.68. The maximum Gasteiger partial charge on any atom is 0.347 e. The Morgan fingerprint density at radius 3 is 2.65 bits per heavy atom. The fourth-order valence-electron chi connectivity index (χ4n) is 1.80. The topological polar surface area (TPSA) is 83.5 Å². The molecule has 0 spiro atoms. The molecule has 0 fully saturated rings. The zero-order valence-electron chi connectivity index (χ0n) is 10.8. The average molecular weight is 331 g/mol. The van der Waals surface area contributed by atoms with Crippen molar-refractivity contribution in [3.05, 3.63) is 38.2 Å². The Hall–Kier alpha value is -1.22. The minimum atomic E-state index is -3.86. The molecule has 0 unspecified atom stereocenters. The van der Waals surface area contributed by atoms with E-state index in [2.05, 4.69) is 4.72 Å². The van der Waals surface area contributed by atoms with Crippen LogP contribution in [0.15, 0.2) is 27.8 Å². The van der Waals surface area contributed by atoms with Crippen LogP contribution in [0.5, 0.6) is 0 Å². The number of rotatable bonds is 5. The summed E-state index contributed by atoms with van der Waals surface area (Å²) in [6, 6.07) is 3.26. The van der Waals surface area contributed by atoms with Gasteiger partial charge in [0.15, 0.2) is 0 Å². The largest absolute Gasteiger partial charge is 0.477 e. The number of nitrogens with one attached hydrogen (secondary N) is 1. The van der Waals surface area contributed by atoms with Gasteiger partial charge in [0.05, 0.1) is 6.04 Å². The van der Waals surface area contributed by atoms with Crippen molar-refractivity contribution >= 4 is 38.7 Å². The van der Waals surface area contributed by atoms with E-state index in [0.717, 1.165) is 16.2 Å². The number of aromatic carboxylic acids is 1. The number of carbonyl (C=O) groups is 1. The lowest BCUT2D eigenvalue weighted by Crippen LogP contribution is -2.27. The van der Waals surface area contributed by atoms with Crippen molar-refractivity contribution in [1.29, 1.82) is 0 Å². The van der Waals surface area contributed by atoms with Crippen LogP contribution in [0.2, 0.25) is 0 Å². The molecule has 0 aliphatic carbocycles. The molecule has 0 bridgehead atoms. The van der Waals surface area contributed by atoms with Crippen molar-refractivity contribution in [2.24, 2.45) is 0 Å². The van der Waals surface area contributed by atoms with E-state index in [1.54, 1.807) is 13.8 Å². The maximum atomic E-state index is 12.4. The quantitative estimate of drug-likeness (QED) is 0.882. The van der Waals surface area contributed by atoms with E-state index >= 15 is 0 Å². The molecular formula is C12H13NO4S3. The maximum absolute atomic E-state index is 12.4. The third-order valence-electron chi connectivity index (χ3n) is 2.68. The number of sulfonamides is 1. The first-order chi connectivity index (χ1) is 9.33. The second kappa shape index (κ2) is 5.65. The molecule has 1 atom stereocenters. The molecule has 0 amide bonds. The zero-order chi connectivity index (χ0) is 14.9. The minimum absolute atomic E-state index is 0.140. The van der Waals surface area contributed by atoms with Crippen LogP contribution in [0, 0.1) is 6.92 Å². The van der Waals surface area contributed by atoms with Crippen LogP contribution in [0.25, 0.3) is 0 Å². The van der Waals surface area contributed by atoms with Crippen LogP contribution in [0.1, 0.15) is 33.1 Å². The van der Waals surface area contributed by atoms with Crippen molar-refractivity contribution in [2.75, 3.05) is 0 Å². The SMILES string of the molecule is Cc1csc(C(=O)O)c1S(=O)(=O)N[C@@H](C)c1cccs1. The van der Waals surface area contributed by atoms with Crippen LogP contribution in [-0.2, 0) is 10.0 Å². The van der Waals surface area contributed by atoms with E-state index in [4.69, 9.17) is 5.11 Å². The van der Waals surface area contributed by atoms with Crippen LogP contribution < -0.4 is 4.72 Å². The fraction of sp³-hybridized carbons (Fsp3) is 0.250. The molecule has 5 nitrogen and oxygen atoms in total. The highest BCUT2D eigenvalue weighted by Gasteiger charge is 2.28. The van der Waals surface area contributed by atoms with Crippen LogP contribution in [-0.4, -0.2) is 19.5 Å². The summed E-state index contributed by atoms with van der Waals surface area (Å²) in [7, 11) is -3.86. The number of aryl methyl sites for hydroxylation is 1. The van der Waals surface area contributed by atoms with Crippen molar-refractivity contribution in [3.8, 4) is 0 Å². The van der Waals surface area contributed by atoms with Gasteiger partial charge in [0.25, 0.3) is 0 Å². The third kappa shape index (κ3) is 2.93. The summed E-state index contributed by atoms with van der Waals surface area (Å²) < 4.78 is 27.3. The molecule has 0 radical (unpaired) electrons. The smallest absolute Gasteiger partial charge is 0.347 e. The fourth-order valence-corrected chi connectivity index (χ4v) is 5.47. The van der Waals surface area contributed by atoms with Crippen molar-refractivity contribution in [2.45, 2.75) is 24.8 Å². The molecule has 2 heterocycles. The summed E-state index contributed by atoms with van der Waals surface area (Å²) in [4.78, 5) is 11.7. The second-order valence-electron chi connectivity index (χ2n) is 4.24. The van der Waals surface area contributed by atoms with Gasteiger partial charge in [-0.25, -0.2) is 17.9 Å². The monoisotopic (exact) mass is 331 g/mol. The van der Waals surface area contributed by atoms with Crippen molar-refractivity contribution < 1.29 is 18.3 Å². The Bertz CT molecular complexity index is 716.